The van der Waals surface area contributed by atoms with Crippen LogP contribution in [0.4, 0.5) is 5.69 Å². The van der Waals surface area contributed by atoms with Gasteiger partial charge in [0.25, 0.3) is 0 Å². The lowest BCUT2D eigenvalue weighted by atomic mass is 10.2. The zero-order valence-corrected chi connectivity index (χ0v) is 10.7. The molecule has 1 amide bonds. The third-order valence-electron chi connectivity index (χ3n) is 2.74. The number of carbonyl (C=O) groups excluding carboxylic acids is 1. The largest absolute Gasteiger partial charge is 0.396 e. The summed E-state index contributed by atoms with van der Waals surface area (Å²) >= 11 is 0. The van der Waals surface area contributed by atoms with E-state index in [9.17, 15) is 4.79 Å². The number of aliphatic hydroxyl groups is 1. The van der Waals surface area contributed by atoms with Gasteiger partial charge in [0.15, 0.2) is 0 Å². The highest BCUT2D eigenvalue weighted by Crippen LogP contribution is 2.11. The summed E-state index contributed by atoms with van der Waals surface area (Å²) in [5.74, 6) is -0.161. The van der Waals surface area contributed by atoms with Crippen molar-refractivity contribution >= 4 is 11.6 Å². The molecular weight excluding hydrogens is 244 g/mol. The average molecular weight is 260 g/mol. The molecule has 100 valence electrons. The topological polar surface area (TPSA) is 80.0 Å². The predicted octanol–water partition coefficient (Wildman–Crippen LogP) is 1.01. The van der Waals surface area contributed by atoms with Crippen molar-refractivity contribution in [2.75, 3.05) is 11.9 Å². The fourth-order valence-electron chi connectivity index (χ4n) is 1.62. The van der Waals surface area contributed by atoms with Crippen molar-refractivity contribution in [1.29, 1.82) is 0 Å². The molecule has 0 saturated heterocycles. The van der Waals surface area contributed by atoms with Gasteiger partial charge in [-0.2, -0.15) is 0 Å². The Kier molecular flexibility index (Phi) is 4.25. The smallest absolute Gasteiger partial charge is 0.249 e. The van der Waals surface area contributed by atoms with Crippen molar-refractivity contribution in [3.63, 3.8) is 0 Å². The lowest BCUT2D eigenvalue weighted by Gasteiger charge is -2.11. The van der Waals surface area contributed by atoms with Crippen molar-refractivity contribution in [1.82, 2.24) is 15.0 Å². The molecule has 0 saturated carbocycles. The van der Waals surface area contributed by atoms with Crippen molar-refractivity contribution < 1.29 is 9.90 Å². The monoisotopic (exact) mass is 260 g/mol. The second-order valence-electron chi connectivity index (χ2n) is 4.19. The molecule has 6 heteroatoms. The first-order chi connectivity index (χ1) is 9.20. The summed E-state index contributed by atoms with van der Waals surface area (Å²) in [5, 5.41) is 19.4. The summed E-state index contributed by atoms with van der Waals surface area (Å²) in [7, 11) is 0. The molecule has 6 nitrogen and oxygen atoms in total. The van der Waals surface area contributed by atoms with E-state index >= 15 is 0 Å². The molecule has 19 heavy (non-hydrogen) atoms. The summed E-state index contributed by atoms with van der Waals surface area (Å²) in [6.07, 6.45) is 2.11. The molecule has 0 aliphatic heterocycles. The highest BCUT2D eigenvalue weighted by molar-refractivity contribution is 5.93. The number of aromatic nitrogens is 3. The van der Waals surface area contributed by atoms with Crippen LogP contribution in [0.1, 0.15) is 18.7 Å². The number of hydrogen-bond donors (Lipinski definition) is 2. The number of amides is 1. The zero-order valence-electron chi connectivity index (χ0n) is 10.7. The highest BCUT2D eigenvalue weighted by atomic mass is 16.3. The Balaban J connectivity index is 2.02. The molecule has 1 aromatic carbocycles. The number of anilines is 1. The van der Waals surface area contributed by atoms with Gasteiger partial charge in [-0.3, -0.25) is 4.79 Å². The number of rotatable bonds is 5. The SMILES string of the molecule is CC(C(=O)Nc1ccccc1)n1cc(CCO)nn1. The molecule has 1 unspecified atom stereocenters. The molecule has 0 spiro atoms. The summed E-state index contributed by atoms with van der Waals surface area (Å²) in [5.41, 5.74) is 1.41. The Bertz CT molecular complexity index is 539. The van der Waals surface area contributed by atoms with Crippen molar-refractivity contribution in [2.45, 2.75) is 19.4 Å². The lowest BCUT2D eigenvalue weighted by Crippen LogP contribution is -2.24. The summed E-state index contributed by atoms with van der Waals surface area (Å²) in [4.78, 5) is 12.0. The van der Waals surface area contributed by atoms with Crippen LogP contribution in [-0.4, -0.2) is 32.6 Å². The molecular formula is C13H16N4O2. The van der Waals surface area contributed by atoms with Gasteiger partial charge in [0.2, 0.25) is 5.91 Å². The van der Waals surface area contributed by atoms with E-state index in [0.29, 0.717) is 12.1 Å². The maximum atomic E-state index is 12.0. The van der Waals surface area contributed by atoms with Crippen LogP contribution in [0, 0.1) is 0 Å². The third-order valence-corrected chi connectivity index (χ3v) is 2.74. The normalized spacial score (nSPS) is 12.1. The zero-order chi connectivity index (χ0) is 13.7. The Morgan fingerprint density at radius 3 is 2.84 bits per heavy atom. The van der Waals surface area contributed by atoms with Crippen LogP contribution in [0.5, 0.6) is 0 Å². The molecule has 0 bridgehead atoms. The summed E-state index contributed by atoms with van der Waals surface area (Å²) < 4.78 is 1.49. The maximum Gasteiger partial charge on any atom is 0.249 e. The van der Waals surface area contributed by atoms with Crippen LogP contribution in [0.15, 0.2) is 36.5 Å². The molecule has 0 radical (unpaired) electrons. The second kappa shape index (κ2) is 6.10. The number of benzene rings is 1. The van der Waals surface area contributed by atoms with Crippen LogP contribution < -0.4 is 5.32 Å². The fourth-order valence-corrected chi connectivity index (χ4v) is 1.62. The summed E-state index contributed by atoms with van der Waals surface area (Å²) in [6, 6.07) is 8.79. The minimum Gasteiger partial charge on any atom is -0.396 e. The number of nitrogens with zero attached hydrogens (tertiary/aromatic N) is 3. The van der Waals surface area contributed by atoms with E-state index in [2.05, 4.69) is 15.6 Å². The van der Waals surface area contributed by atoms with E-state index < -0.39 is 6.04 Å². The van der Waals surface area contributed by atoms with Crippen LogP contribution in [0.3, 0.4) is 0 Å². The average Bonchev–Trinajstić information content (AvgIpc) is 2.88. The van der Waals surface area contributed by atoms with Gasteiger partial charge in [-0.15, -0.1) is 5.10 Å². The van der Waals surface area contributed by atoms with Crippen molar-refractivity contribution in [3.8, 4) is 0 Å². The summed E-state index contributed by atoms with van der Waals surface area (Å²) in [6.45, 7) is 1.76. The van der Waals surface area contributed by atoms with Gasteiger partial charge >= 0.3 is 0 Å². The minimum absolute atomic E-state index is 0.0171. The first kappa shape index (κ1) is 13.2. The van der Waals surface area contributed by atoms with Crippen molar-refractivity contribution in [3.05, 3.63) is 42.2 Å². The number of carbonyl (C=O) groups is 1. The van der Waals surface area contributed by atoms with Crippen LogP contribution in [0.2, 0.25) is 0 Å². The molecule has 0 fully saturated rings. The van der Waals surface area contributed by atoms with Gasteiger partial charge in [-0.25, -0.2) is 4.68 Å². The van der Waals surface area contributed by atoms with E-state index in [1.54, 1.807) is 13.1 Å². The third kappa shape index (κ3) is 3.38. The number of aliphatic hydroxyl groups excluding tert-OH is 1. The van der Waals surface area contributed by atoms with Crippen LogP contribution >= 0.6 is 0 Å². The van der Waals surface area contributed by atoms with E-state index in [1.165, 1.54) is 4.68 Å². The van der Waals surface area contributed by atoms with E-state index in [-0.39, 0.29) is 12.5 Å². The van der Waals surface area contributed by atoms with Crippen LogP contribution in [0.25, 0.3) is 0 Å². The number of nitrogens with one attached hydrogen (secondary N) is 1. The Morgan fingerprint density at radius 1 is 1.42 bits per heavy atom. The van der Waals surface area contributed by atoms with E-state index in [1.807, 2.05) is 30.3 Å². The van der Waals surface area contributed by atoms with Crippen molar-refractivity contribution in [2.24, 2.45) is 0 Å². The first-order valence-corrected chi connectivity index (χ1v) is 6.08. The first-order valence-electron chi connectivity index (χ1n) is 6.08. The number of hydrogen-bond acceptors (Lipinski definition) is 4. The molecule has 2 N–H and O–H groups in total. The van der Waals surface area contributed by atoms with E-state index in [4.69, 9.17) is 5.11 Å². The lowest BCUT2D eigenvalue weighted by molar-refractivity contribution is -0.119. The maximum absolute atomic E-state index is 12.0. The van der Waals surface area contributed by atoms with Gasteiger partial charge in [0.05, 0.1) is 5.69 Å². The minimum atomic E-state index is -0.458. The predicted molar refractivity (Wildman–Crippen MR) is 70.6 cm³/mol. The molecule has 0 aliphatic carbocycles. The standard InChI is InChI=1S/C13H16N4O2/c1-10(17-9-12(7-8-18)15-16-17)13(19)14-11-5-3-2-4-6-11/h2-6,9-10,18H,7-8H2,1H3,(H,14,19). The quantitative estimate of drug-likeness (QED) is 0.841. The van der Waals surface area contributed by atoms with Gasteiger partial charge < -0.3 is 10.4 Å². The fraction of sp³-hybridized carbons (Fsp3) is 0.308. The Morgan fingerprint density at radius 2 is 2.16 bits per heavy atom. The molecule has 1 aromatic heterocycles. The van der Waals surface area contributed by atoms with E-state index in [0.717, 1.165) is 5.69 Å². The van der Waals surface area contributed by atoms with Crippen LogP contribution in [-0.2, 0) is 11.2 Å². The van der Waals surface area contributed by atoms with Gasteiger partial charge in [0.1, 0.15) is 6.04 Å². The Hall–Kier alpha value is -2.21. The van der Waals surface area contributed by atoms with Gasteiger partial charge in [0, 0.05) is 24.9 Å². The molecule has 2 aromatic rings. The molecule has 1 heterocycles. The second-order valence-corrected chi connectivity index (χ2v) is 4.19. The number of para-hydroxylation sites is 1. The van der Waals surface area contributed by atoms with Gasteiger partial charge in [-0.05, 0) is 19.1 Å². The molecule has 2 rings (SSSR count). The molecule has 0 aliphatic rings. The highest BCUT2D eigenvalue weighted by Gasteiger charge is 2.16. The Labute approximate surface area is 111 Å². The van der Waals surface area contributed by atoms with Gasteiger partial charge in [-0.1, -0.05) is 23.4 Å². The molecule has 1 atom stereocenters.